The lowest BCUT2D eigenvalue weighted by molar-refractivity contribution is 0.0834. The van der Waals surface area contributed by atoms with E-state index in [0.717, 1.165) is 31.2 Å². The average Bonchev–Trinajstić information content (AvgIpc) is 2.89. The molecule has 0 saturated heterocycles. The van der Waals surface area contributed by atoms with Crippen molar-refractivity contribution >= 4 is 5.91 Å². The summed E-state index contributed by atoms with van der Waals surface area (Å²) in [6.45, 7) is 0.418. The van der Waals surface area contributed by atoms with E-state index in [2.05, 4.69) is 5.32 Å². The van der Waals surface area contributed by atoms with Crippen molar-refractivity contribution in [3.63, 3.8) is 0 Å². The molecule has 0 radical (unpaired) electrons. The number of carbonyl (C=O) groups is 1. The summed E-state index contributed by atoms with van der Waals surface area (Å²) in [5.74, 6) is -0.122. The van der Waals surface area contributed by atoms with Gasteiger partial charge in [0.2, 0.25) is 0 Å². The Morgan fingerprint density at radius 3 is 2.68 bits per heavy atom. The zero-order valence-corrected chi connectivity index (χ0v) is 11.3. The molecule has 0 spiro atoms. The Kier molecular flexibility index (Phi) is 4.56. The molecule has 1 aliphatic rings. The van der Waals surface area contributed by atoms with Gasteiger partial charge >= 0.3 is 0 Å². The first-order chi connectivity index (χ1) is 9.21. The van der Waals surface area contributed by atoms with Crippen LogP contribution < -0.4 is 5.32 Å². The number of rotatable bonds is 5. The minimum Gasteiger partial charge on any atom is -0.394 e. The molecule has 4 heteroatoms. The molecule has 0 unspecified atom stereocenters. The Morgan fingerprint density at radius 1 is 1.37 bits per heavy atom. The van der Waals surface area contributed by atoms with Crippen LogP contribution in [0.3, 0.4) is 0 Å². The van der Waals surface area contributed by atoms with Gasteiger partial charge in [-0.1, -0.05) is 31.0 Å². The van der Waals surface area contributed by atoms with E-state index in [1.54, 1.807) is 13.2 Å². The molecule has 1 aromatic rings. The summed E-state index contributed by atoms with van der Waals surface area (Å²) in [4.78, 5) is 12.4. The fourth-order valence-electron chi connectivity index (χ4n) is 2.71. The minimum absolute atomic E-state index is 0.00514. The summed E-state index contributed by atoms with van der Waals surface area (Å²) in [6, 6.07) is 7.42. The number of methoxy groups -OCH3 is 1. The molecule has 1 saturated carbocycles. The summed E-state index contributed by atoms with van der Waals surface area (Å²) in [7, 11) is 1.61. The summed E-state index contributed by atoms with van der Waals surface area (Å²) in [5.41, 5.74) is 1.06. The van der Waals surface area contributed by atoms with Crippen molar-refractivity contribution in [2.24, 2.45) is 0 Å². The maximum atomic E-state index is 12.4. The fourth-order valence-corrected chi connectivity index (χ4v) is 2.71. The number of aliphatic hydroxyl groups excluding tert-OH is 1. The first kappa shape index (κ1) is 14.0. The molecule has 0 atom stereocenters. The Hall–Kier alpha value is -1.39. The first-order valence-corrected chi connectivity index (χ1v) is 6.71. The number of carbonyl (C=O) groups excluding carboxylic acids is 1. The molecule has 19 heavy (non-hydrogen) atoms. The second kappa shape index (κ2) is 6.17. The predicted octanol–water partition coefficient (Wildman–Crippen LogP) is 1.87. The Labute approximate surface area is 113 Å². The largest absolute Gasteiger partial charge is 0.394 e. The molecule has 1 amide bonds. The quantitative estimate of drug-likeness (QED) is 0.852. The molecule has 2 rings (SSSR count). The number of hydrogen-bond donors (Lipinski definition) is 2. The van der Waals surface area contributed by atoms with Crippen LogP contribution in [0.1, 0.15) is 41.6 Å². The van der Waals surface area contributed by atoms with E-state index < -0.39 is 5.54 Å². The monoisotopic (exact) mass is 263 g/mol. The average molecular weight is 263 g/mol. The minimum atomic E-state index is -0.433. The third-order valence-corrected chi connectivity index (χ3v) is 3.80. The van der Waals surface area contributed by atoms with Gasteiger partial charge in [0.15, 0.2) is 0 Å². The van der Waals surface area contributed by atoms with Gasteiger partial charge in [-0.3, -0.25) is 4.79 Å². The molecule has 2 N–H and O–H groups in total. The van der Waals surface area contributed by atoms with E-state index in [9.17, 15) is 9.90 Å². The summed E-state index contributed by atoms with van der Waals surface area (Å²) in [5, 5.41) is 12.6. The number of nitrogens with one attached hydrogen (secondary N) is 1. The first-order valence-electron chi connectivity index (χ1n) is 6.71. The second-order valence-electron chi connectivity index (χ2n) is 5.19. The van der Waals surface area contributed by atoms with Crippen LogP contribution in [0.5, 0.6) is 0 Å². The highest BCUT2D eigenvalue weighted by molar-refractivity contribution is 5.96. The van der Waals surface area contributed by atoms with Crippen LogP contribution >= 0.6 is 0 Å². The van der Waals surface area contributed by atoms with Crippen LogP contribution in [0, 0.1) is 0 Å². The molecule has 1 aliphatic carbocycles. The van der Waals surface area contributed by atoms with E-state index in [-0.39, 0.29) is 12.5 Å². The van der Waals surface area contributed by atoms with E-state index in [1.165, 1.54) is 0 Å². The summed E-state index contributed by atoms with van der Waals surface area (Å²) in [6.07, 6.45) is 3.81. The zero-order valence-electron chi connectivity index (χ0n) is 11.3. The Bertz CT molecular complexity index is 439. The highest BCUT2D eigenvalue weighted by atomic mass is 16.5. The third kappa shape index (κ3) is 3.14. The lowest BCUT2D eigenvalue weighted by Gasteiger charge is -2.28. The van der Waals surface area contributed by atoms with Crippen molar-refractivity contribution in [2.75, 3.05) is 13.7 Å². The van der Waals surface area contributed by atoms with Crippen molar-refractivity contribution in [2.45, 2.75) is 37.8 Å². The van der Waals surface area contributed by atoms with Crippen molar-refractivity contribution in [3.8, 4) is 0 Å². The van der Waals surface area contributed by atoms with E-state index in [0.29, 0.717) is 12.2 Å². The number of benzene rings is 1. The third-order valence-electron chi connectivity index (χ3n) is 3.80. The van der Waals surface area contributed by atoms with Gasteiger partial charge in [0.25, 0.3) is 5.91 Å². The maximum absolute atomic E-state index is 12.4. The van der Waals surface area contributed by atoms with Gasteiger partial charge in [-0.15, -0.1) is 0 Å². The van der Waals surface area contributed by atoms with Crippen LogP contribution in [0.25, 0.3) is 0 Å². The number of amides is 1. The van der Waals surface area contributed by atoms with Gasteiger partial charge in [0.1, 0.15) is 0 Å². The van der Waals surface area contributed by atoms with Crippen molar-refractivity contribution in [3.05, 3.63) is 35.4 Å². The van der Waals surface area contributed by atoms with E-state index >= 15 is 0 Å². The van der Waals surface area contributed by atoms with Crippen molar-refractivity contribution in [1.29, 1.82) is 0 Å². The topological polar surface area (TPSA) is 58.6 Å². The molecule has 4 nitrogen and oxygen atoms in total. The molecule has 0 aliphatic heterocycles. The molecule has 1 fully saturated rings. The summed E-state index contributed by atoms with van der Waals surface area (Å²) < 4.78 is 5.11. The Morgan fingerprint density at radius 2 is 2.05 bits per heavy atom. The number of hydrogen-bond acceptors (Lipinski definition) is 3. The summed E-state index contributed by atoms with van der Waals surface area (Å²) >= 11 is 0. The van der Waals surface area contributed by atoms with Crippen LogP contribution in [0.15, 0.2) is 24.3 Å². The maximum Gasteiger partial charge on any atom is 0.252 e. The molecule has 1 aromatic carbocycles. The molecule has 0 aromatic heterocycles. The molecular formula is C15H21NO3. The van der Waals surface area contributed by atoms with Gasteiger partial charge in [0, 0.05) is 12.7 Å². The van der Waals surface area contributed by atoms with Crippen LogP contribution in [0.4, 0.5) is 0 Å². The van der Waals surface area contributed by atoms with Gasteiger partial charge in [-0.05, 0) is 24.5 Å². The molecule has 0 heterocycles. The Balaban J connectivity index is 2.15. The second-order valence-corrected chi connectivity index (χ2v) is 5.19. The number of ether oxygens (including phenoxy) is 1. The van der Waals surface area contributed by atoms with Gasteiger partial charge in [-0.2, -0.15) is 0 Å². The fraction of sp³-hybridized carbons (Fsp3) is 0.533. The van der Waals surface area contributed by atoms with Crippen LogP contribution in [0.2, 0.25) is 0 Å². The zero-order chi connectivity index (χ0) is 13.7. The highest BCUT2D eigenvalue weighted by Crippen LogP contribution is 2.29. The SMILES string of the molecule is COCc1ccccc1C(=O)NC1(CO)CCCC1. The lowest BCUT2D eigenvalue weighted by atomic mass is 9.97. The van der Waals surface area contributed by atoms with Gasteiger partial charge in [0.05, 0.1) is 18.8 Å². The normalized spacial score (nSPS) is 17.4. The van der Waals surface area contributed by atoms with Crippen molar-refractivity contribution in [1.82, 2.24) is 5.32 Å². The molecular weight excluding hydrogens is 242 g/mol. The van der Waals surface area contributed by atoms with Gasteiger partial charge < -0.3 is 15.2 Å². The predicted molar refractivity (Wildman–Crippen MR) is 72.9 cm³/mol. The van der Waals surface area contributed by atoms with E-state index in [4.69, 9.17) is 4.74 Å². The van der Waals surface area contributed by atoms with Crippen LogP contribution in [-0.2, 0) is 11.3 Å². The smallest absolute Gasteiger partial charge is 0.252 e. The molecule has 104 valence electrons. The molecule has 0 bridgehead atoms. The van der Waals surface area contributed by atoms with Crippen molar-refractivity contribution < 1.29 is 14.6 Å². The van der Waals surface area contributed by atoms with Crippen LogP contribution in [-0.4, -0.2) is 30.3 Å². The number of aliphatic hydroxyl groups is 1. The lowest BCUT2D eigenvalue weighted by Crippen LogP contribution is -2.49. The van der Waals surface area contributed by atoms with Gasteiger partial charge in [-0.25, -0.2) is 0 Å². The standard InChI is InChI=1S/C15H21NO3/c1-19-10-12-6-2-3-7-13(12)14(18)16-15(11-17)8-4-5-9-15/h2-3,6-7,17H,4-5,8-11H2,1H3,(H,16,18). The van der Waals surface area contributed by atoms with E-state index in [1.807, 2.05) is 18.2 Å². The highest BCUT2D eigenvalue weighted by Gasteiger charge is 2.35.